The Morgan fingerprint density at radius 2 is 1.97 bits per heavy atom. The third kappa shape index (κ3) is 4.57. The predicted octanol–water partition coefficient (Wildman–Crippen LogP) is 3.59. The molecule has 1 aromatic carbocycles. The first-order valence-electron chi connectivity index (χ1n) is 9.42. The Morgan fingerprint density at radius 3 is 2.61 bits per heavy atom. The van der Waals surface area contributed by atoms with Crippen LogP contribution in [0, 0.1) is 32.1 Å². The number of carbonyl (C=O) groups excluding carboxylic acids is 1. The standard InChI is InChI=1S/C21H21N5O3S2/c1-5-31(28,29)21-25-24-20(30-21)23-19(27)17(12-22)11-16-10-14(3)26(15(16)4)18-9-7-6-8-13(18)2/h6-11H,5H2,1-4H3,(H,23,24,27)/b17-11-. The van der Waals surface area contributed by atoms with Crippen LogP contribution in [0.25, 0.3) is 11.8 Å². The Labute approximate surface area is 184 Å². The second-order valence-electron chi connectivity index (χ2n) is 6.85. The van der Waals surface area contributed by atoms with Crippen molar-refractivity contribution in [2.45, 2.75) is 32.0 Å². The van der Waals surface area contributed by atoms with E-state index in [-0.39, 0.29) is 20.8 Å². The number of aromatic nitrogens is 3. The van der Waals surface area contributed by atoms with Gasteiger partial charge < -0.3 is 4.57 Å². The van der Waals surface area contributed by atoms with E-state index < -0.39 is 15.7 Å². The van der Waals surface area contributed by atoms with Crippen LogP contribution in [0.1, 0.15) is 29.4 Å². The summed E-state index contributed by atoms with van der Waals surface area (Å²) in [6, 6.07) is 11.8. The first-order chi connectivity index (χ1) is 14.7. The molecule has 31 heavy (non-hydrogen) atoms. The number of para-hydroxylation sites is 1. The molecule has 0 atom stereocenters. The van der Waals surface area contributed by atoms with Gasteiger partial charge in [-0.25, -0.2) is 8.42 Å². The van der Waals surface area contributed by atoms with E-state index in [1.807, 2.05) is 57.2 Å². The Bertz CT molecular complexity index is 1330. The number of benzene rings is 1. The summed E-state index contributed by atoms with van der Waals surface area (Å²) >= 11 is 0.753. The summed E-state index contributed by atoms with van der Waals surface area (Å²) in [6.07, 6.45) is 1.51. The van der Waals surface area contributed by atoms with Gasteiger partial charge in [0.05, 0.1) is 5.75 Å². The number of nitrogens with one attached hydrogen (secondary N) is 1. The first-order valence-corrected chi connectivity index (χ1v) is 11.9. The highest BCUT2D eigenvalue weighted by molar-refractivity contribution is 7.93. The van der Waals surface area contributed by atoms with Gasteiger partial charge in [0, 0.05) is 17.1 Å². The van der Waals surface area contributed by atoms with E-state index in [2.05, 4.69) is 20.1 Å². The van der Waals surface area contributed by atoms with Crippen molar-refractivity contribution in [3.8, 4) is 11.8 Å². The third-order valence-electron chi connectivity index (χ3n) is 4.76. The average molecular weight is 456 g/mol. The highest BCUT2D eigenvalue weighted by atomic mass is 32.2. The fourth-order valence-electron chi connectivity index (χ4n) is 3.10. The normalized spacial score (nSPS) is 11.9. The molecule has 0 aliphatic heterocycles. The third-order valence-corrected chi connectivity index (χ3v) is 7.78. The molecule has 0 unspecified atom stereocenters. The zero-order valence-electron chi connectivity index (χ0n) is 17.5. The zero-order valence-corrected chi connectivity index (χ0v) is 19.1. The van der Waals surface area contributed by atoms with Crippen molar-refractivity contribution in [2.75, 3.05) is 11.1 Å². The van der Waals surface area contributed by atoms with E-state index in [1.54, 1.807) is 0 Å². The minimum Gasteiger partial charge on any atom is -0.318 e. The number of hydrogen-bond acceptors (Lipinski definition) is 7. The molecule has 1 N–H and O–H groups in total. The van der Waals surface area contributed by atoms with Crippen molar-refractivity contribution >= 4 is 38.3 Å². The number of hydrogen-bond donors (Lipinski definition) is 1. The first kappa shape index (κ1) is 22.4. The van der Waals surface area contributed by atoms with Gasteiger partial charge in [-0.05, 0) is 50.1 Å². The smallest absolute Gasteiger partial charge is 0.268 e. The van der Waals surface area contributed by atoms with Gasteiger partial charge in [-0.15, -0.1) is 10.2 Å². The summed E-state index contributed by atoms with van der Waals surface area (Å²) in [6.45, 7) is 7.40. The van der Waals surface area contributed by atoms with Crippen LogP contribution in [0.2, 0.25) is 0 Å². The predicted molar refractivity (Wildman–Crippen MR) is 120 cm³/mol. The molecular formula is C21H21N5O3S2. The average Bonchev–Trinajstić information content (AvgIpc) is 3.31. The maximum atomic E-state index is 12.6. The second kappa shape index (κ2) is 8.83. The number of anilines is 1. The summed E-state index contributed by atoms with van der Waals surface area (Å²) in [4.78, 5) is 12.6. The summed E-state index contributed by atoms with van der Waals surface area (Å²) in [5.74, 6) is -0.796. The molecule has 8 nitrogen and oxygen atoms in total. The van der Waals surface area contributed by atoms with Gasteiger partial charge >= 0.3 is 0 Å². The van der Waals surface area contributed by atoms with E-state index in [1.165, 1.54) is 13.0 Å². The van der Waals surface area contributed by atoms with E-state index in [0.717, 1.165) is 39.5 Å². The Kier molecular flexibility index (Phi) is 6.38. The fourth-order valence-corrected chi connectivity index (χ4v) is 5.08. The molecular weight excluding hydrogens is 434 g/mol. The molecule has 0 saturated carbocycles. The quantitative estimate of drug-likeness (QED) is 0.345. The van der Waals surface area contributed by atoms with Crippen LogP contribution in [0.5, 0.6) is 0 Å². The van der Waals surface area contributed by atoms with Crippen LogP contribution in [0.3, 0.4) is 0 Å². The van der Waals surface area contributed by atoms with E-state index in [9.17, 15) is 18.5 Å². The van der Waals surface area contributed by atoms with Crippen LogP contribution >= 0.6 is 11.3 Å². The van der Waals surface area contributed by atoms with Gasteiger partial charge in [-0.2, -0.15) is 5.26 Å². The highest BCUT2D eigenvalue weighted by Crippen LogP contribution is 2.25. The van der Waals surface area contributed by atoms with Gasteiger partial charge in [0.25, 0.3) is 5.91 Å². The molecule has 3 rings (SSSR count). The minimum atomic E-state index is -3.51. The number of sulfone groups is 1. The summed E-state index contributed by atoms with van der Waals surface area (Å²) in [5, 5.41) is 19.3. The number of nitriles is 1. The number of amides is 1. The van der Waals surface area contributed by atoms with Crippen molar-refractivity contribution in [2.24, 2.45) is 0 Å². The van der Waals surface area contributed by atoms with E-state index in [4.69, 9.17) is 0 Å². The zero-order chi connectivity index (χ0) is 22.8. The van der Waals surface area contributed by atoms with Gasteiger partial charge in [0.15, 0.2) is 0 Å². The molecule has 10 heteroatoms. The lowest BCUT2D eigenvalue weighted by Crippen LogP contribution is -2.13. The number of aryl methyl sites for hydroxylation is 2. The fraction of sp³-hybridized carbons (Fsp3) is 0.238. The SMILES string of the molecule is CCS(=O)(=O)c1nnc(NC(=O)/C(C#N)=C\c2cc(C)n(-c3ccccc3C)c2C)s1. The van der Waals surface area contributed by atoms with Gasteiger partial charge in [0.1, 0.15) is 11.6 Å². The van der Waals surface area contributed by atoms with Gasteiger partial charge in [-0.1, -0.05) is 36.5 Å². The van der Waals surface area contributed by atoms with Crippen molar-refractivity contribution in [3.05, 3.63) is 58.4 Å². The maximum Gasteiger partial charge on any atom is 0.268 e. The van der Waals surface area contributed by atoms with Crippen molar-refractivity contribution in [1.82, 2.24) is 14.8 Å². The molecule has 3 aromatic rings. The van der Waals surface area contributed by atoms with Crippen LogP contribution in [0.15, 0.2) is 40.2 Å². The molecule has 1 amide bonds. The molecule has 0 aliphatic rings. The Morgan fingerprint density at radius 1 is 1.26 bits per heavy atom. The van der Waals surface area contributed by atoms with E-state index >= 15 is 0 Å². The van der Waals surface area contributed by atoms with Crippen molar-refractivity contribution < 1.29 is 13.2 Å². The van der Waals surface area contributed by atoms with E-state index in [0.29, 0.717) is 0 Å². The second-order valence-corrected chi connectivity index (χ2v) is 10.3. The number of rotatable bonds is 6. The van der Waals surface area contributed by atoms with Gasteiger partial charge in [-0.3, -0.25) is 10.1 Å². The summed E-state index contributed by atoms with van der Waals surface area (Å²) in [5.41, 5.74) is 4.60. The lowest BCUT2D eigenvalue weighted by Gasteiger charge is -2.12. The molecule has 2 aromatic heterocycles. The molecule has 0 saturated heterocycles. The summed E-state index contributed by atoms with van der Waals surface area (Å²) < 4.78 is 25.6. The minimum absolute atomic E-state index is 0.0172. The largest absolute Gasteiger partial charge is 0.318 e. The van der Waals surface area contributed by atoms with Crippen molar-refractivity contribution in [1.29, 1.82) is 5.26 Å². The molecule has 0 bridgehead atoms. The molecule has 0 aliphatic carbocycles. The Balaban J connectivity index is 1.91. The Hall–Kier alpha value is -3.29. The lowest BCUT2D eigenvalue weighted by atomic mass is 10.1. The molecule has 0 spiro atoms. The topological polar surface area (TPSA) is 118 Å². The number of nitrogens with zero attached hydrogens (tertiary/aromatic N) is 4. The van der Waals surface area contributed by atoms with Crippen molar-refractivity contribution in [3.63, 3.8) is 0 Å². The van der Waals surface area contributed by atoms with Crippen LogP contribution in [-0.4, -0.2) is 34.8 Å². The monoisotopic (exact) mass is 455 g/mol. The highest BCUT2D eigenvalue weighted by Gasteiger charge is 2.20. The van der Waals surface area contributed by atoms with Crippen LogP contribution in [0.4, 0.5) is 5.13 Å². The van der Waals surface area contributed by atoms with Crippen LogP contribution in [-0.2, 0) is 14.6 Å². The molecule has 0 fully saturated rings. The van der Waals surface area contributed by atoms with Gasteiger partial charge in [0.2, 0.25) is 19.3 Å². The lowest BCUT2D eigenvalue weighted by molar-refractivity contribution is -0.112. The van der Waals surface area contributed by atoms with Crippen LogP contribution < -0.4 is 5.32 Å². The summed E-state index contributed by atoms with van der Waals surface area (Å²) in [7, 11) is -3.51. The molecule has 0 radical (unpaired) electrons. The molecule has 160 valence electrons. The number of carbonyl (C=O) groups is 1. The molecule has 2 heterocycles. The maximum absolute atomic E-state index is 12.6.